The number of hydrogen-bond donors (Lipinski definition) is 2. The predicted molar refractivity (Wildman–Crippen MR) is 60.4 cm³/mol. The number of methoxy groups -OCH3 is 1. The van der Waals surface area contributed by atoms with Crippen LogP contribution in [-0.2, 0) is 19.9 Å². The Morgan fingerprint density at radius 1 is 1.18 bits per heavy atom. The van der Waals surface area contributed by atoms with Crippen molar-refractivity contribution in [2.45, 2.75) is 5.60 Å². The van der Waals surface area contributed by atoms with Crippen LogP contribution in [0.3, 0.4) is 0 Å². The summed E-state index contributed by atoms with van der Waals surface area (Å²) < 4.78 is 4.64. The van der Waals surface area contributed by atoms with Gasteiger partial charge in [0.05, 0.1) is 10.0 Å². The molecule has 0 saturated heterocycles. The minimum Gasteiger partial charge on any atom is -0.478 e. The van der Waals surface area contributed by atoms with Gasteiger partial charge in [-0.15, -0.1) is 0 Å². The van der Waals surface area contributed by atoms with Crippen LogP contribution in [0.2, 0.25) is 10.0 Å². The van der Waals surface area contributed by atoms with Gasteiger partial charge in [-0.2, -0.15) is 0 Å². The summed E-state index contributed by atoms with van der Waals surface area (Å²) in [6, 6.07) is 3.69. The van der Waals surface area contributed by atoms with Crippen LogP contribution in [0.15, 0.2) is 18.2 Å². The summed E-state index contributed by atoms with van der Waals surface area (Å²) in [7, 11) is 0.991. The maximum atomic E-state index is 11.1. The molecule has 0 heterocycles. The second-order valence-electron chi connectivity index (χ2n) is 3.12. The second kappa shape index (κ2) is 4.91. The molecule has 0 atom stereocenters. The van der Waals surface area contributed by atoms with Crippen LogP contribution < -0.4 is 0 Å². The molecule has 5 nitrogen and oxygen atoms in total. The first kappa shape index (κ1) is 13.8. The predicted octanol–water partition coefficient (Wildman–Crippen LogP) is 2.00. The monoisotopic (exact) mass is 278 g/mol. The first-order valence-corrected chi connectivity index (χ1v) is 5.09. The zero-order valence-electron chi connectivity index (χ0n) is 8.61. The molecule has 1 aromatic rings. The van der Waals surface area contributed by atoms with Gasteiger partial charge in [0.1, 0.15) is 0 Å². The minimum atomic E-state index is -2.49. The Balaban J connectivity index is 3.46. The molecule has 92 valence electrons. The molecule has 0 aliphatic carbocycles. The van der Waals surface area contributed by atoms with Gasteiger partial charge in [0.25, 0.3) is 5.60 Å². The number of carbonyl (C=O) groups is 2. The van der Waals surface area contributed by atoms with Crippen LogP contribution in [0.4, 0.5) is 0 Å². The first-order valence-electron chi connectivity index (χ1n) is 4.33. The summed E-state index contributed by atoms with van der Waals surface area (Å²) in [5.41, 5.74) is -2.61. The Hall–Kier alpha value is -1.30. The van der Waals surface area contributed by atoms with Gasteiger partial charge in [0.15, 0.2) is 0 Å². The number of hydrogen-bond acceptors (Lipinski definition) is 3. The van der Waals surface area contributed by atoms with Crippen molar-refractivity contribution in [3.05, 3.63) is 33.8 Å². The Morgan fingerprint density at radius 2 is 1.71 bits per heavy atom. The maximum absolute atomic E-state index is 11.1. The van der Waals surface area contributed by atoms with E-state index in [1.807, 2.05) is 0 Å². The van der Waals surface area contributed by atoms with Gasteiger partial charge < -0.3 is 14.9 Å². The van der Waals surface area contributed by atoms with E-state index in [1.54, 1.807) is 0 Å². The molecule has 0 spiro atoms. The van der Waals surface area contributed by atoms with E-state index in [2.05, 4.69) is 4.74 Å². The average molecular weight is 279 g/mol. The number of benzene rings is 1. The lowest BCUT2D eigenvalue weighted by Gasteiger charge is -2.23. The van der Waals surface area contributed by atoms with Gasteiger partial charge in [0.2, 0.25) is 0 Å². The van der Waals surface area contributed by atoms with E-state index >= 15 is 0 Å². The zero-order chi connectivity index (χ0) is 13.2. The molecule has 0 aliphatic heterocycles. The summed E-state index contributed by atoms with van der Waals surface area (Å²) in [4.78, 5) is 22.2. The number of aliphatic carboxylic acids is 2. The molecule has 0 amide bonds. The molecule has 0 bridgehead atoms. The van der Waals surface area contributed by atoms with Gasteiger partial charge in [-0.05, 0) is 12.1 Å². The van der Waals surface area contributed by atoms with Gasteiger partial charge in [0, 0.05) is 12.7 Å². The van der Waals surface area contributed by atoms with E-state index in [1.165, 1.54) is 12.1 Å². The van der Waals surface area contributed by atoms with Crippen molar-refractivity contribution >= 4 is 35.1 Å². The zero-order valence-corrected chi connectivity index (χ0v) is 10.1. The number of ether oxygens (including phenoxy) is 1. The van der Waals surface area contributed by atoms with Crippen LogP contribution in [0.5, 0.6) is 0 Å². The smallest absolute Gasteiger partial charge is 0.352 e. The molecular weight excluding hydrogens is 271 g/mol. The van der Waals surface area contributed by atoms with Crippen molar-refractivity contribution in [2.24, 2.45) is 0 Å². The van der Waals surface area contributed by atoms with Gasteiger partial charge >= 0.3 is 11.9 Å². The molecule has 0 fully saturated rings. The summed E-state index contributed by atoms with van der Waals surface area (Å²) in [5.74, 6) is -3.29. The molecule has 0 unspecified atom stereocenters. The van der Waals surface area contributed by atoms with Crippen LogP contribution in [0, 0.1) is 0 Å². The highest BCUT2D eigenvalue weighted by Gasteiger charge is 2.49. The normalized spacial score (nSPS) is 11.2. The van der Waals surface area contributed by atoms with E-state index in [4.69, 9.17) is 33.4 Å². The highest BCUT2D eigenvalue weighted by molar-refractivity contribution is 6.42. The number of rotatable bonds is 4. The molecule has 0 aromatic heterocycles. The lowest BCUT2D eigenvalue weighted by molar-refractivity contribution is -0.181. The Bertz CT molecular complexity index is 458. The average Bonchev–Trinajstić information content (AvgIpc) is 2.24. The third-order valence-electron chi connectivity index (χ3n) is 2.23. The van der Waals surface area contributed by atoms with Crippen molar-refractivity contribution in [1.82, 2.24) is 0 Å². The van der Waals surface area contributed by atoms with Crippen molar-refractivity contribution in [1.29, 1.82) is 0 Å². The van der Waals surface area contributed by atoms with Crippen molar-refractivity contribution in [3.63, 3.8) is 0 Å². The largest absolute Gasteiger partial charge is 0.478 e. The Kier molecular flexibility index (Phi) is 3.98. The molecule has 0 aliphatic rings. The molecule has 0 radical (unpaired) electrons. The number of carboxylic acid groups (broad SMARTS) is 2. The Morgan fingerprint density at radius 3 is 2.06 bits per heavy atom. The van der Waals surface area contributed by atoms with Crippen LogP contribution in [-0.4, -0.2) is 29.3 Å². The van der Waals surface area contributed by atoms with Crippen LogP contribution >= 0.6 is 23.2 Å². The summed E-state index contributed by atoms with van der Waals surface area (Å²) in [6.07, 6.45) is 0. The number of carboxylic acids is 2. The lowest BCUT2D eigenvalue weighted by atomic mass is 9.94. The molecule has 17 heavy (non-hydrogen) atoms. The summed E-state index contributed by atoms with van der Waals surface area (Å²) in [5, 5.41) is 18.3. The number of halogens is 2. The molecule has 2 N–H and O–H groups in total. The van der Waals surface area contributed by atoms with E-state index in [0.29, 0.717) is 0 Å². The van der Waals surface area contributed by atoms with E-state index in [9.17, 15) is 9.59 Å². The highest BCUT2D eigenvalue weighted by Crippen LogP contribution is 2.31. The molecule has 1 rings (SSSR count). The summed E-state index contributed by atoms with van der Waals surface area (Å²) in [6.45, 7) is 0. The Labute approximate surface area is 107 Å². The lowest BCUT2D eigenvalue weighted by Crippen LogP contribution is -2.45. The van der Waals surface area contributed by atoms with Crippen LogP contribution in [0.1, 0.15) is 5.56 Å². The molecular formula is C10H8Cl2O5. The fraction of sp³-hybridized carbons (Fsp3) is 0.200. The van der Waals surface area contributed by atoms with E-state index in [0.717, 1.165) is 13.2 Å². The van der Waals surface area contributed by atoms with Crippen molar-refractivity contribution < 1.29 is 24.5 Å². The third kappa shape index (κ3) is 2.22. The first-order chi connectivity index (χ1) is 7.86. The fourth-order valence-electron chi connectivity index (χ4n) is 1.35. The standard InChI is InChI=1S/C10H8Cl2O5/c1-17-10(8(13)14,9(15)16)5-2-3-6(11)7(12)4-5/h2-4H,1H3,(H,13,14)(H,15,16). The fourth-order valence-corrected chi connectivity index (χ4v) is 1.64. The van der Waals surface area contributed by atoms with Crippen molar-refractivity contribution in [3.8, 4) is 0 Å². The van der Waals surface area contributed by atoms with E-state index in [-0.39, 0.29) is 15.6 Å². The molecule has 1 aromatic carbocycles. The third-order valence-corrected chi connectivity index (χ3v) is 2.97. The highest BCUT2D eigenvalue weighted by atomic mass is 35.5. The van der Waals surface area contributed by atoms with Gasteiger partial charge in [-0.25, -0.2) is 9.59 Å². The van der Waals surface area contributed by atoms with Crippen LogP contribution in [0.25, 0.3) is 0 Å². The second-order valence-corrected chi connectivity index (χ2v) is 3.94. The van der Waals surface area contributed by atoms with E-state index < -0.39 is 17.5 Å². The maximum Gasteiger partial charge on any atom is 0.352 e. The molecule has 0 saturated carbocycles. The quantitative estimate of drug-likeness (QED) is 0.823. The topological polar surface area (TPSA) is 83.8 Å². The van der Waals surface area contributed by atoms with Crippen molar-refractivity contribution in [2.75, 3.05) is 7.11 Å². The molecule has 7 heteroatoms. The van der Waals surface area contributed by atoms with Gasteiger partial charge in [-0.3, -0.25) is 0 Å². The SMILES string of the molecule is COC(C(=O)O)(C(=O)O)c1ccc(Cl)c(Cl)c1. The van der Waals surface area contributed by atoms with Gasteiger partial charge in [-0.1, -0.05) is 29.3 Å². The summed E-state index contributed by atoms with van der Waals surface area (Å²) >= 11 is 11.4. The minimum absolute atomic E-state index is 0.0492.